The third-order valence-corrected chi connectivity index (χ3v) is 5.27. The Morgan fingerprint density at radius 3 is 2.69 bits per heavy atom. The smallest absolute Gasteiger partial charge is 0.257 e. The first kappa shape index (κ1) is 18.9. The molecule has 2 aromatic heterocycles. The number of methoxy groups -OCH3 is 1. The molecule has 7 heteroatoms. The quantitative estimate of drug-likeness (QED) is 0.497. The Morgan fingerprint density at radius 2 is 1.90 bits per heavy atom. The number of hydrogen-bond donors (Lipinski definition) is 1. The molecule has 0 saturated heterocycles. The van der Waals surface area contributed by atoms with Crippen molar-refractivity contribution in [2.75, 3.05) is 12.4 Å². The molecule has 1 N–H and O–H groups in total. The zero-order valence-electron chi connectivity index (χ0n) is 16.0. The normalized spacial score (nSPS) is 10.7. The molecular formula is C22H19N3O3S. The Balaban J connectivity index is 1.52. The summed E-state index contributed by atoms with van der Waals surface area (Å²) in [5.41, 5.74) is 3.46. The molecule has 0 radical (unpaired) electrons. The average molecular weight is 405 g/mol. The van der Waals surface area contributed by atoms with Gasteiger partial charge in [-0.2, -0.15) is 0 Å². The van der Waals surface area contributed by atoms with Gasteiger partial charge in [0.1, 0.15) is 6.61 Å². The maximum absolute atomic E-state index is 12.7. The molecule has 0 saturated carbocycles. The number of benzene rings is 2. The van der Waals surface area contributed by atoms with Crippen LogP contribution in [-0.4, -0.2) is 23.0 Å². The summed E-state index contributed by atoms with van der Waals surface area (Å²) >= 11 is 1.45. The second-order valence-electron chi connectivity index (χ2n) is 6.45. The third-order valence-electron chi connectivity index (χ3n) is 4.33. The van der Waals surface area contributed by atoms with Crippen LogP contribution in [0.2, 0.25) is 0 Å². The highest BCUT2D eigenvalue weighted by atomic mass is 32.1. The van der Waals surface area contributed by atoms with Gasteiger partial charge in [0, 0.05) is 18.0 Å². The highest BCUT2D eigenvalue weighted by Crippen LogP contribution is 2.30. The molecular weight excluding hydrogens is 386 g/mol. The molecule has 2 aromatic carbocycles. The molecule has 0 unspecified atom stereocenters. The molecule has 0 spiro atoms. The molecule has 0 atom stereocenters. The summed E-state index contributed by atoms with van der Waals surface area (Å²) in [5.74, 6) is 0.806. The number of aryl methyl sites for hydroxylation is 1. The predicted octanol–water partition coefficient (Wildman–Crippen LogP) is 4.84. The summed E-state index contributed by atoms with van der Waals surface area (Å²) in [6, 6.07) is 14.9. The van der Waals surface area contributed by atoms with Crippen LogP contribution >= 0.6 is 11.3 Å². The van der Waals surface area contributed by atoms with E-state index >= 15 is 0 Å². The van der Waals surface area contributed by atoms with E-state index in [9.17, 15) is 4.79 Å². The van der Waals surface area contributed by atoms with E-state index in [2.05, 4.69) is 21.4 Å². The summed E-state index contributed by atoms with van der Waals surface area (Å²) in [7, 11) is 1.57. The number of amides is 1. The van der Waals surface area contributed by atoms with Crippen molar-refractivity contribution in [2.24, 2.45) is 0 Å². The third kappa shape index (κ3) is 4.35. The van der Waals surface area contributed by atoms with Crippen molar-refractivity contribution in [3.63, 3.8) is 0 Å². The minimum absolute atomic E-state index is 0.253. The molecule has 146 valence electrons. The largest absolute Gasteiger partial charge is 0.493 e. The number of carbonyl (C=O) groups excluding carboxylic acids is 1. The summed E-state index contributed by atoms with van der Waals surface area (Å²) in [4.78, 5) is 21.2. The highest BCUT2D eigenvalue weighted by Gasteiger charge is 2.14. The Hall–Kier alpha value is -3.45. The van der Waals surface area contributed by atoms with Gasteiger partial charge in [0.05, 0.1) is 17.3 Å². The van der Waals surface area contributed by atoms with E-state index in [-0.39, 0.29) is 5.91 Å². The monoisotopic (exact) mass is 405 g/mol. The fourth-order valence-corrected chi connectivity index (χ4v) is 3.78. The van der Waals surface area contributed by atoms with Crippen LogP contribution in [0.25, 0.3) is 10.2 Å². The molecule has 6 nitrogen and oxygen atoms in total. The maximum Gasteiger partial charge on any atom is 0.257 e. The minimum atomic E-state index is -0.253. The summed E-state index contributed by atoms with van der Waals surface area (Å²) in [5, 5.41) is 3.43. The molecule has 4 rings (SSSR count). The summed E-state index contributed by atoms with van der Waals surface area (Å²) in [6.45, 7) is 2.38. The fourth-order valence-electron chi connectivity index (χ4n) is 2.83. The Morgan fingerprint density at radius 1 is 1.07 bits per heavy atom. The van der Waals surface area contributed by atoms with E-state index in [1.54, 1.807) is 37.7 Å². The van der Waals surface area contributed by atoms with Gasteiger partial charge in [-0.05, 0) is 60.5 Å². The lowest BCUT2D eigenvalue weighted by atomic mass is 10.2. The summed E-state index contributed by atoms with van der Waals surface area (Å²) < 4.78 is 12.3. The number of anilines is 1. The number of ether oxygens (including phenoxy) is 2. The van der Waals surface area contributed by atoms with Gasteiger partial charge in [-0.3, -0.25) is 15.1 Å². The fraction of sp³-hybridized carbons (Fsp3) is 0.136. The topological polar surface area (TPSA) is 73.3 Å². The number of pyridine rings is 1. The van der Waals surface area contributed by atoms with Crippen LogP contribution in [0.3, 0.4) is 0 Å². The van der Waals surface area contributed by atoms with Gasteiger partial charge < -0.3 is 9.47 Å². The van der Waals surface area contributed by atoms with Gasteiger partial charge in [0.25, 0.3) is 5.91 Å². The van der Waals surface area contributed by atoms with Gasteiger partial charge in [-0.1, -0.05) is 17.4 Å². The van der Waals surface area contributed by atoms with Crippen molar-refractivity contribution in [2.45, 2.75) is 13.5 Å². The average Bonchev–Trinajstić information content (AvgIpc) is 3.14. The number of aromatic nitrogens is 2. The Bertz CT molecular complexity index is 1160. The Kier molecular flexibility index (Phi) is 5.39. The van der Waals surface area contributed by atoms with E-state index in [0.717, 1.165) is 21.3 Å². The van der Waals surface area contributed by atoms with E-state index in [4.69, 9.17) is 9.47 Å². The lowest BCUT2D eigenvalue weighted by molar-refractivity contribution is 0.102. The van der Waals surface area contributed by atoms with Crippen LogP contribution in [0.1, 0.15) is 21.5 Å². The summed E-state index contributed by atoms with van der Waals surface area (Å²) in [6.07, 6.45) is 3.42. The number of fused-ring (bicyclic) bond motifs is 1. The molecule has 0 fully saturated rings. The van der Waals surface area contributed by atoms with Crippen LogP contribution in [0, 0.1) is 6.92 Å². The second kappa shape index (κ2) is 8.28. The number of nitrogens with zero attached hydrogens (tertiary/aromatic N) is 2. The minimum Gasteiger partial charge on any atom is -0.493 e. The van der Waals surface area contributed by atoms with Crippen molar-refractivity contribution in [1.29, 1.82) is 0 Å². The predicted molar refractivity (Wildman–Crippen MR) is 114 cm³/mol. The number of carbonyl (C=O) groups is 1. The first-order valence-corrected chi connectivity index (χ1v) is 9.82. The zero-order valence-corrected chi connectivity index (χ0v) is 16.8. The molecule has 0 bridgehead atoms. The van der Waals surface area contributed by atoms with Crippen molar-refractivity contribution in [1.82, 2.24) is 9.97 Å². The number of rotatable bonds is 6. The lowest BCUT2D eigenvalue weighted by Crippen LogP contribution is -2.12. The first-order chi connectivity index (χ1) is 14.1. The van der Waals surface area contributed by atoms with Gasteiger partial charge in [-0.15, -0.1) is 0 Å². The molecule has 2 heterocycles. The molecule has 0 aliphatic rings. The van der Waals surface area contributed by atoms with Gasteiger partial charge in [0.15, 0.2) is 16.6 Å². The van der Waals surface area contributed by atoms with Crippen LogP contribution in [0.15, 0.2) is 60.9 Å². The Labute approximate surface area is 172 Å². The van der Waals surface area contributed by atoms with Gasteiger partial charge in [0.2, 0.25) is 0 Å². The number of nitrogens with one attached hydrogen (secondary N) is 1. The standard InChI is InChI=1S/C22H19N3O3S/c1-14-3-5-17-20(11-14)29-22(24-17)25-21(26)16-4-6-18(27-2)19(12-16)28-13-15-7-9-23-10-8-15/h3-12H,13H2,1-2H3,(H,24,25,26). The number of hydrogen-bond acceptors (Lipinski definition) is 6. The lowest BCUT2D eigenvalue weighted by Gasteiger charge is -2.12. The van der Waals surface area contributed by atoms with Crippen LogP contribution in [0.5, 0.6) is 11.5 Å². The zero-order chi connectivity index (χ0) is 20.2. The molecule has 0 aliphatic carbocycles. The first-order valence-electron chi connectivity index (χ1n) is 9.00. The molecule has 29 heavy (non-hydrogen) atoms. The van der Waals surface area contributed by atoms with Crippen molar-refractivity contribution in [3.8, 4) is 11.5 Å². The molecule has 4 aromatic rings. The van der Waals surface area contributed by atoms with E-state index in [1.807, 2.05) is 31.2 Å². The molecule has 1 amide bonds. The van der Waals surface area contributed by atoms with E-state index in [1.165, 1.54) is 11.3 Å². The highest BCUT2D eigenvalue weighted by molar-refractivity contribution is 7.22. The van der Waals surface area contributed by atoms with E-state index in [0.29, 0.717) is 28.8 Å². The maximum atomic E-state index is 12.7. The van der Waals surface area contributed by atoms with Crippen molar-refractivity contribution in [3.05, 3.63) is 77.6 Å². The van der Waals surface area contributed by atoms with Gasteiger partial charge in [-0.25, -0.2) is 4.98 Å². The number of thiazole rings is 1. The van der Waals surface area contributed by atoms with Crippen LogP contribution < -0.4 is 14.8 Å². The van der Waals surface area contributed by atoms with Crippen molar-refractivity contribution >= 4 is 32.6 Å². The van der Waals surface area contributed by atoms with E-state index < -0.39 is 0 Å². The van der Waals surface area contributed by atoms with Crippen LogP contribution in [-0.2, 0) is 6.61 Å². The van der Waals surface area contributed by atoms with Gasteiger partial charge >= 0.3 is 0 Å². The molecule has 0 aliphatic heterocycles. The second-order valence-corrected chi connectivity index (χ2v) is 7.48. The van der Waals surface area contributed by atoms with Crippen LogP contribution in [0.4, 0.5) is 5.13 Å². The van der Waals surface area contributed by atoms with Crippen molar-refractivity contribution < 1.29 is 14.3 Å². The SMILES string of the molecule is COc1ccc(C(=O)Nc2nc3ccc(C)cc3s2)cc1OCc1ccncc1.